The lowest BCUT2D eigenvalue weighted by atomic mass is 9.83. The van der Waals surface area contributed by atoms with Crippen molar-refractivity contribution >= 4 is 10.0 Å². The van der Waals surface area contributed by atoms with E-state index in [2.05, 4.69) is 22.0 Å². The van der Waals surface area contributed by atoms with Gasteiger partial charge in [0.15, 0.2) is 0 Å². The lowest BCUT2D eigenvalue weighted by Gasteiger charge is -2.47. The summed E-state index contributed by atoms with van der Waals surface area (Å²) >= 11 is 0. The highest BCUT2D eigenvalue weighted by molar-refractivity contribution is 7.90. The third-order valence-corrected chi connectivity index (χ3v) is 7.07. The maximum Gasteiger partial charge on any atom is 0.216 e. The Balaban J connectivity index is 1.64. The summed E-state index contributed by atoms with van der Waals surface area (Å²) in [6, 6.07) is 1.29. The van der Waals surface area contributed by atoms with E-state index < -0.39 is 10.0 Å². The number of hydrogen-bond donors (Lipinski definition) is 2. The van der Waals surface area contributed by atoms with Gasteiger partial charge >= 0.3 is 0 Å². The Kier molecular flexibility index (Phi) is 3.86. The number of nitrogens with zero attached hydrogens (tertiary/aromatic N) is 1. The van der Waals surface area contributed by atoms with Crippen LogP contribution in [0.3, 0.4) is 0 Å². The van der Waals surface area contributed by atoms with E-state index in [0.29, 0.717) is 18.6 Å². The predicted octanol–water partition coefficient (Wildman–Crippen LogP) is 0.283. The van der Waals surface area contributed by atoms with Crippen LogP contribution in [0.4, 0.5) is 0 Å². The van der Waals surface area contributed by atoms with Crippen molar-refractivity contribution in [3.05, 3.63) is 0 Å². The molecule has 3 aliphatic heterocycles. The number of nitrogens with one attached hydrogen (secondary N) is 2. The molecule has 0 aromatic carbocycles. The van der Waals surface area contributed by atoms with Gasteiger partial charge in [-0.25, -0.2) is 13.1 Å². The highest BCUT2D eigenvalue weighted by Gasteiger charge is 2.39. The molecule has 0 spiro atoms. The molecule has 3 saturated heterocycles. The summed E-state index contributed by atoms with van der Waals surface area (Å²) in [6.07, 6.45) is 6.44. The molecule has 19 heavy (non-hydrogen) atoms. The van der Waals surface area contributed by atoms with Crippen molar-refractivity contribution in [2.24, 2.45) is 0 Å². The molecule has 3 atom stereocenters. The maximum atomic E-state index is 12.3. The fraction of sp³-hybridized carbons (Fsp3) is 1.00. The lowest BCUT2D eigenvalue weighted by molar-refractivity contribution is 0.0535. The highest BCUT2D eigenvalue weighted by atomic mass is 32.2. The first-order valence-corrected chi connectivity index (χ1v) is 9.04. The number of rotatable bonds is 3. The molecule has 3 unspecified atom stereocenters. The first-order valence-electron chi connectivity index (χ1n) is 7.50. The average Bonchev–Trinajstić information content (AvgIpc) is 2.84. The largest absolute Gasteiger partial charge is 0.315 e. The molecule has 0 radical (unpaired) electrons. The zero-order valence-electron chi connectivity index (χ0n) is 11.6. The first-order chi connectivity index (χ1) is 9.06. The summed E-state index contributed by atoms with van der Waals surface area (Å²) < 4.78 is 27.7. The van der Waals surface area contributed by atoms with Crippen LogP contribution in [0.5, 0.6) is 0 Å². The smallest absolute Gasteiger partial charge is 0.216 e. The normalized spacial score (nSPS) is 40.5. The van der Waals surface area contributed by atoms with Gasteiger partial charge in [-0.15, -0.1) is 0 Å². The van der Waals surface area contributed by atoms with Gasteiger partial charge in [-0.05, 0) is 45.7 Å². The molecule has 0 aromatic rings. The van der Waals surface area contributed by atoms with E-state index in [-0.39, 0.29) is 11.3 Å². The second kappa shape index (κ2) is 5.31. The van der Waals surface area contributed by atoms with Gasteiger partial charge in [0.2, 0.25) is 10.0 Å². The number of piperidine rings is 2. The van der Waals surface area contributed by atoms with Gasteiger partial charge < -0.3 is 10.2 Å². The molecular weight excluding hydrogens is 262 g/mol. The van der Waals surface area contributed by atoms with Crippen LogP contribution in [-0.4, -0.2) is 56.8 Å². The molecule has 5 nitrogen and oxygen atoms in total. The van der Waals surface area contributed by atoms with Gasteiger partial charge in [0.05, 0.1) is 5.25 Å². The van der Waals surface area contributed by atoms with Gasteiger partial charge in [0.1, 0.15) is 0 Å². The van der Waals surface area contributed by atoms with Crippen molar-refractivity contribution in [3.63, 3.8) is 0 Å². The minimum absolute atomic E-state index is 0.150. The van der Waals surface area contributed by atoms with Crippen molar-refractivity contribution < 1.29 is 8.42 Å². The van der Waals surface area contributed by atoms with E-state index in [1.807, 2.05) is 0 Å². The van der Waals surface area contributed by atoms with E-state index in [1.54, 1.807) is 0 Å². The Bertz CT molecular complexity index is 406. The highest BCUT2D eigenvalue weighted by Crippen LogP contribution is 2.33. The number of hydrogen-bond acceptors (Lipinski definition) is 4. The summed E-state index contributed by atoms with van der Waals surface area (Å²) in [5, 5.41) is 2.91. The molecule has 0 aromatic heterocycles. The van der Waals surface area contributed by atoms with Crippen LogP contribution in [0.15, 0.2) is 0 Å². The van der Waals surface area contributed by atoms with E-state index in [1.165, 1.54) is 19.3 Å². The minimum Gasteiger partial charge on any atom is -0.315 e. The quantitative estimate of drug-likeness (QED) is 0.783. The van der Waals surface area contributed by atoms with E-state index >= 15 is 0 Å². The standard InChI is InChI=1S/C13H25N3O2S/c1-16-11-3-2-4-12(16)8-10(7-11)15-19(17,18)13-5-6-14-9-13/h10-15H,2-9H2,1H3. The molecule has 3 aliphatic rings. The predicted molar refractivity (Wildman–Crippen MR) is 75.5 cm³/mol. The van der Waals surface area contributed by atoms with Crippen LogP contribution in [0.1, 0.15) is 38.5 Å². The van der Waals surface area contributed by atoms with Crippen LogP contribution in [0.25, 0.3) is 0 Å². The van der Waals surface area contributed by atoms with Gasteiger partial charge in [0, 0.05) is 24.7 Å². The molecule has 110 valence electrons. The molecule has 0 saturated carbocycles. The third-order valence-electron chi connectivity index (χ3n) is 5.12. The molecule has 3 rings (SSSR count). The minimum atomic E-state index is -3.14. The molecule has 0 amide bonds. The Hall–Kier alpha value is -0.170. The fourth-order valence-corrected chi connectivity index (χ4v) is 5.55. The second-order valence-corrected chi connectivity index (χ2v) is 8.34. The SMILES string of the molecule is CN1C2CCCC1CC(NS(=O)(=O)C1CCNC1)C2. The third kappa shape index (κ3) is 2.82. The van der Waals surface area contributed by atoms with Crippen LogP contribution < -0.4 is 10.0 Å². The number of sulfonamides is 1. The monoisotopic (exact) mass is 287 g/mol. The van der Waals surface area contributed by atoms with Crippen molar-refractivity contribution in [1.82, 2.24) is 14.9 Å². The summed E-state index contributed by atoms with van der Waals surface area (Å²) in [5.74, 6) is 0. The molecule has 2 N–H and O–H groups in total. The van der Waals surface area contributed by atoms with Gasteiger partial charge in [-0.3, -0.25) is 0 Å². The maximum absolute atomic E-state index is 12.3. The molecule has 2 bridgehead atoms. The summed E-state index contributed by atoms with van der Waals surface area (Å²) in [6.45, 7) is 1.43. The number of fused-ring (bicyclic) bond motifs is 2. The Morgan fingerprint density at radius 3 is 2.42 bits per heavy atom. The van der Waals surface area contributed by atoms with Crippen LogP contribution in [0, 0.1) is 0 Å². The fourth-order valence-electron chi connectivity index (χ4n) is 3.93. The molecule has 3 fully saturated rings. The summed E-state index contributed by atoms with van der Waals surface area (Å²) in [5.41, 5.74) is 0. The van der Waals surface area contributed by atoms with E-state index in [9.17, 15) is 8.42 Å². The zero-order chi connectivity index (χ0) is 13.5. The molecular formula is C13H25N3O2S. The van der Waals surface area contributed by atoms with E-state index in [4.69, 9.17) is 0 Å². The summed E-state index contributed by atoms with van der Waals surface area (Å²) in [4.78, 5) is 2.46. The topological polar surface area (TPSA) is 61.4 Å². The van der Waals surface area contributed by atoms with Gasteiger partial charge in [-0.2, -0.15) is 0 Å². The van der Waals surface area contributed by atoms with Crippen molar-refractivity contribution in [3.8, 4) is 0 Å². The first kappa shape index (κ1) is 13.8. The van der Waals surface area contributed by atoms with E-state index in [0.717, 1.165) is 25.8 Å². The molecule has 6 heteroatoms. The molecule has 0 aliphatic carbocycles. The van der Waals surface area contributed by atoms with Crippen LogP contribution >= 0.6 is 0 Å². The van der Waals surface area contributed by atoms with Crippen molar-refractivity contribution in [2.75, 3.05) is 20.1 Å². The van der Waals surface area contributed by atoms with Crippen LogP contribution in [0.2, 0.25) is 0 Å². The van der Waals surface area contributed by atoms with Gasteiger partial charge in [0.25, 0.3) is 0 Å². The Labute approximate surface area is 116 Å². The Morgan fingerprint density at radius 2 is 1.84 bits per heavy atom. The lowest BCUT2D eigenvalue weighted by Crippen LogP contribution is -2.56. The van der Waals surface area contributed by atoms with Crippen LogP contribution in [-0.2, 0) is 10.0 Å². The van der Waals surface area contributed by atoms with Crippen molar-refractivity contribution in [1.29, 1.82) is 0 Å². The Morgan fingerprint density at radius 1 is 1.16 bits per heavy atom. The van der Waals surface area contributed by atoms with Crippen molar-refractivity contribution in [2.45, 2.75) is 61.9 Å². The second-order valence-electron chi connectivity index (χ2n) is 6.35. The average molecular weight is 287 g/mol. The molecule has 3 heterocycles. The zero-order valence-corrected chi connectivity index (χ0v) is 12.5. The van der Waals surface area contributed by atoms with Gasteiger partial charge in [-0.1, -0.05) is 6.42 Å². The summed E-state index contributed by atoms with van der Waals surface area (Å²) in [7, 11) is -0.945.